The van der Waals surface area contributed by atoms with E-state index in [-0.39, 0.29) is 12.0 Å². The zero-order chi connectivity index (χ0) is 16.1. The number of carbonyl (C=O) groups excluding carboxylic acids is 1. The maximum Gasteiger partial charge on any atom is 0.253 e. The van der Waals surface area contributed by atoms with Crippen LogP contribution in [0.15, 0.2) is 24.3 Å². The summed E-state index contributed by atoms with van der Waals surface area (Å²) in [5.41, 5.74) is 2.22. The summed E-state index contributed by atoms with van der Waals surface area (Å²) in [6.07, 6.45) is 9.08. The molecule has 3 nitrogen and oxygen atoms in total. The molecular weight excluding hydrogens is 286 g/mol. The minimum Gasteiger partial charge on any atom is -0.376 e. The smallest absolute Gasteiger partial charge is 0.253 e. The van der Waals surface area contributed by atoms with Gasteiger partial charge in [-0.05, 0) is 56.2 Å². The Bertz CT molecular complexity index is 499. The van der Waals surface area contributed by atoms with Gasteiger partial charge in [-0.2, -0.15) is 0 Å². The average Bonchev–Trinajstić information content (AvgIpc) is 3.13. The molecule has 1 saturated carbocycles. The van der Waals surface area contributed by atoms with Crippen LogP contribution in [0.1, 0.15) is 73.7 Å². The summed E-state index contributed by atoms with van der Waals surface area (Å²) in [4.78, 5) is 14.6. The molecule has 1 amide bonds. The van der Waals surface area contributed by atoms with Crippen molar-refractivity contribution in [2.75, 3.05) is 19.7 Å². The first kappa shape index (κ1) is 16.5. The number of ether oxygens (including phenoxy) is 1. The molecule has 1 unspecified atom stereocenters. The fourth-order valence-corrected chi connectivity index (χ4v) is 3.91. The summed E-state index contributed by atoms with van der Waals surface area (Å²) in [5.74, 6) is 0.834. The lowest BCUT2D eigenvalue weighted by Gasteiger charge is -2.25. The fraction of sp³-hybridized carbons (Fsp3) is 0.650. The summed E-state index contributed by atoms with van der Waals surface area (Å²) in [6, 6.07) is 8.38. The molecule has 3 heteroatoms. The van der Waals surface area contributed by atoms with Crippen LogP contribution in [-0.2, 0) is 4.74 Å². The van der Waals surface area contributed by atoms with E-state index in [1.54, 1.807) is 0 Å². The van der Waals surface area contributed by atoms with E-state index >= 15 is 0 Å². The van der Waals surface area contributed by atoms with Crippen LogP contribution in [0.4, 0.5) is 0 Å². The van der Waals surface area contributed by atoms with Gasteiger partial charge in [-0.1, -0.05) is 31.4 Å². The highest BCUT2D eigenvalue weighted by molar-refractivity contribution is 5.94. The van der Waals surface area contributed by atoms with E-state index in [1.165, 1.54) is 37.7 Å². The van der Waals surface area contributed by atoms with Gasteiger partial charge in [0.15, 0.2) is 0 Å². The Morgan fingerprint density at radius 1 is 1.09 bits per heavy atom. The highest BCUT2D eigenvalue weighted by Crippen LogP contribution is 2.32. The Kier molecular flexibility index (Phi) is 5.71. The molecule has 1 atom stereocenters. The van der Waals surface area contributed by atoms with Crippen molar-refractivity contribution in [3.63, 3.8) is 0 Å². The zero-order valence-corrected chi connectivity index (χ0v) is 14.3. The van der Waals surface area contributed by atoms with Gasteiger partial charge in [-0.3, -0.25) is 4.79 Å². The molecule has 23 heavy (non-hydrogen) atoms. The zero-order valence-electron chi connectivity index (χ0n) is 14.3. The molecule has 0 bridgehead atoms. The van der Waals surface area contributed by atoms with Crippen molar-refractivity contribution in [3.05, 3.63) is 35.4 Å². The van der Waals surface area contributed by atoms with E-state index in [1.807, 2.05) is 24.0 Å². The Morgan fingerprint density at radius 3 is 2.43 bits per heavy atom. The van der Waals surface area contributed by atoms with Crippen molar-refractivity contribution in [1.82, 2.24) is 4.90 Å². The highest BCUT2D eigenvalue weighted by Gasteiger charge is 2.23. The third-order valence-electron chi connectivity index (χ3n) is 5.35. The lowest BCUT2D eigenvalue weighted by Crippen LogP contribution is -2.37. The number of rotatable bonds is 5. The van der Waals surface area contributed by atoms with Crippen LogP contribution in [0, 0.1) is 0 Å². The lowest BCUT2D eigenvalue weighted by atomic mass is 9.84. The van der Waals surface area contributed by atoms with Crippen molar-refractivity contribution in [2.24, 2.45) is 0 Å². The summed E-state index contributed by atoms with van der Waals surface area (Å²) in [5, 5.41) is 0. The van der Waals surface area contributed by atoms with Crippen molar-refractivity contribution in [2.45, 2.75) is 63.9 Å². The van der Waals surface area contributed by atoms with Gasteiger partial charge in [0.05, 0.1) is 6.10 Å². The van der Waals surface area contributed by atoms with E-state index < -0.39 is 0 Å². The van der Waals surface area contributed by atoms with Crippen LogP contribution < -0.4 is 0 Å². The average molecular weight is 315 g/mol. The van der Waals surface area contributed by atoms with Gasteiger partial charge in [0.25, 0.3) is 5.91 Å². The molecule has 0 aromatic heterocycles. The molecule has 1 saturated heterocycles. The molecule has 1 aromatic carbocycles. The molecule has 0 radical (unpaired) electrons. The topological polar surface area (TPSA) is 29.5 Å². The van der Waals surface area contributed by atoms with Crippen LogP contribution in [0.25, 0.3) is 0 Å². The number of nitrogens with zero attached hydrogens (tertiary/aromatic N) is 1. The third kappa shape index (κ3) is 4.14. The fourth-order valence-electron chi connectivity index (χ4n) is 3.91. The van der Waals surface area contributed by atoms with Gasteiger partial charge in [0.1, 0.15) is 0 Å². The second-order valence-electron chi connectivity index (χ2n) is 6.94. The largest absolute Gasteiger partial charge is 0.376 e. The van der Waals surface area contributed by atoms with E-state index in [2.05, 4.69) is 12.1 Å². The molecule has 0 spiro atoms. The van der Waals surface area contributed by atoms with Crippen LogP contribution in [-0.4, -0.2) is 36.6 Å². The molecular formula is C20H29NO2. The van der Waals surface area contributed by atoms with Gasteiger partial charge < -0.3 is 9.64 Å². The van der Waals surface area contributed by atoms with Gasteiger partial charge in [0.2, 0.25) is 0 Å². The van der Waals surface area contributed by atoms with E-state index in [4.69, 9.17) is 4.74 Å². The molecule has 2 aliphatic rings. The standard InChI is InChI=1S/C20H29NO2/c1-2-21(15-19-9-6-14-23-19)20(22)18-12-10-17(11-13-18)16-7-4-3-5-8-16/h10-13,16,19H,2-9,14-15H2,1H3. The first-order valence-electron chi connectivity index (χ1n) is 9.28. The molecule has 126 valence electrons. The number of hydrogen-bond donors (Lipinski definition) is 0. The summed E-state index contributed by atoms with van der Waals surface area (Å²) in [7, 11) is 0. The second kappa shape index (κ2) is 7.96. The minimum atomic E-state index is 0.137. The Morgan fingerprint density at radius 2 is 1.83 bits per heavy atom. The summed E-state index contributed by atoms with van der Waals surface area (Å²) >= 11 is 0. The van der Waals surface area contributed by atoms with Gasteiger partial charge in [-0.25, -0.2) is 0 Å². The predicted molar refractivity (Wildman–Crippen MR) is 92.8 cm³/mol. The van der Waals surface area contributed by atoms with Gasteiger partial charge in [-0.15, -0.1) is 0 Å². The van der Waals surface area contributed by atoms with Crippen LogP contribution in [0.5, 0.6) is 0 Å². The van der Waals surface area contributed by atoms with Crippen molar-refractivity contribution < 1.29 is 9.53 Å². The third-order valence-corrected chi connectivity index (χ3v) is 5.35. The number of amides is 1. The van der Waals surface area contributed by atoms with E-state index in [9.17, 15) is 4.79 Å². The number of benzene rings is 1. The lowest BCUT2D eigenvalue weighted by molar-refractivity contribution is 0.0539. The maximum absolute atomic E-state index is 12.7. The highest BCUT2D eigenvalue weighted by atomic mass is 16.5. The molecule has 1 aliphatic heterocycles. The van der Waals surface area contributed by atoms with Crippen molar-refractivity contribution in [3.8, 4) is 0 Å². The number of hydrogen-bond acceptors (Lipinski definition) is 2. The predicted octanol–water partition coefficient (Wildman–Crippen LogP) is 4.38. The van der Waals surface area contributed by atoms with Crippen LogP contribution >= 0.6 is 0 Å². The molecule has 3 rings (SSSR count). The number of carbonyl (C=O) groups is 1. The first-order valence-corrected chi connectivity index (χ1v) is 9.28. The molecule has 2 fully saturated rings. The SMILES string of the molecule is CCN(CC1CCCO1)C(=O)c1ccc(C2CCCCC2)cc1. The monoisotopic (exact) mass is 315 g/mol. The summed E-state index contributed by atoms with van der Waals surface area (Å²) < 4.78 is 5.68. The van der Waals surface area contributed by atoms with Crippen LogP contribution in [0.3, 0.4) is 0 Å². The molecule has 1 aromatic rings. The normalized spacial score (nSPS) is 22.2. The van der Waals surface area contributed by atoms with Gasteiger partial charge >= 0.3 is 0 Å². The van der Waals surface area contributed by atoms with Crippen molar-refractivity contribution in [1.29, 1.82) is 0 Å². The summed E-state index contributed by atoms with van der Waals surface area (Å²) in [6.45, 7) is 4.35. The molecule has 1 aliphatic carbocycles. The molecule has 1 heterocycles. The van der Waals surface area contributed by atoms with Crippen molar-refractivity contribution >= 4 is 5.91 Å². The minimum absolute atomic E-state index is 0.137. The molecule has 0 N–H and O–H groups in total. The Balaban J connectivity index is 1.63. The Labute approximate surface area is 140 Å². The quantitative estimate of drug-likeness (QED) is 0.807. The van der Waals surface area contributed by atoms with E-state index in [0.29, 0.717) is 5.92 Å². The Hall–Kier alpha value is -1.35. The second-order valence-corrected chi connectivity index (χ2v) is 6.94. The number of likely N-dealkylation sites (N-methyl/N-ethyl adjacent to an activating group) is 1. The first-order chi connectivity index (χ1) is 11.3. The van der Waals surface area contributed by atoms with Gasteiger partial charge in [0, 0.05) is 25.3 Å². The maximum atomic E-state index is 12.7. The van der Waals surface area contributed by atoms with E-state index in [0.717, 1.165) is 38.1 Å². The van der Waals surface area contributed by atoms with Crippen LogP contribution in [0.2, 0.25) is 0 Å².